The van der Waals surface area contributed by atoms with Gasteiger partial charge in [0, 0.05) is 13.1 Å². The van der Waals surface area contributed by atoms with E-state index in [2.05, 4.69) is 18.6 Å². The Hall–Kier alpha value is -1.60. The average Bonchev–Trinajstić information content (AvgIpc) is 2.94. The molecule has 150 valence electrons. The van der Waals surface area contributed by atoms with Crippen LogP contribution in [0.15, 0.2) is 29.2 Å². The number of amides is 1. The van der Waals surface area contributed by atoms with E-state index in [-0.39, 0.29) is 16.6 Å². The Morgan fingerprint density at radius 1 is 1.22 bits per heavy atom. The second kappa shape index (κ2) is 6.48. The van der Waals surface area contributed by atoms with Gasteiger partial charge in [-0.25, -0.2) is 8.42 Å². The molecule has 1 aliphatic carbocycles. The van der Waals surface area contributed by atoms with Gasteiger partial charge in [0.2, 0.25) is 15.9 Å². The molecule has 0 radical (unpaired) electrons. The molecule has 6 nitrogen and oxygen atoms in total. The molecule has 1 saturated heterocycles. The first-order valence-corrected chi connectivity index (χ1v) is 10.8. The highest BCUT2D eigenvalue weighted by Gasteiger charge is 2.63. The van der Waals surface area contributed by atoms with E-state index in [9.17, 15) is 13.2 Å². The number of piperidine rings is 1. The summed E-state index contributed by atoms with van der Waals surface area (Å²) in [5.74, 6) is 1.15. The third kappa shape index (κ3) is 3.59. The summed E-state index contributed by atoms with van der Waals surface area (Å²) >= 11 is 0. The molecule has 1 aromatic rings. The van der Waals surface area contributed by atoms with Crippen molar-refractivity contribution in [2.45, 2.75) is 45.6 Å². The van der Waals surface area contributed by atoms with Crippen LogP contribution in [-0.4, -0.2) is 45.5 Å². The first kappa shape index (κ1) is 20.1. The summed E-state index contributed by atoms with van der Waals surface area (Å²) in [5.41, 5.74) is -0.264. The molecular weight excluding hydrogens is 364 g/mol. The Labute approximate surface area is 162 Å². The van der Waals surface area contributed by atoms with Crippen LogP contribution in [-0.2, 0) is 14.8 Å². The first-order valence-electron chi connectivity index (χ1n) is 9.33. The Kier molecular flexibility index (Phi) is 4.84. The van der Waals surface area contributed by atoms with Gasteiger partial charge in [-0.1, -0.05) is 46.8 Å². The number of hydrogen-bond donors (Lipinski definition) is 1. The minimum Gasteiger partial charge on any atom is -0.495 e. The van der Waals surface area contributed by atoms with Gasteiger partial charge in [0.1, 0.15) is 16.7 Å². The summed E-state index contributed by atoms with van der Waals surface area (Å²) < 4.78 is 33.8. The molecule has 0 bridgehead atoms. The molecule has 3 rings (SSSR count). The summed E-state index contributed by atoms with van der Waals surface area (Å²) in [6, 6.07) is 5.59. The third-order valence-corrected chi connectivity index (χ3v) is 7.64. The lowest BCUT2D eigenvalue weighted by molar-refractivity contribution is -0.135. The molecule has 3 atom stereocenters. The second-order valence-electron chi connectivity index (χ2n) is 9.35. The Balaban J connectivity index is 1.83. The number of carbonyl (C=O) groups is 1. The van der Waals surface area contributed by atoms with Gasteiger partial charge < -0.3 is 9.64 Å². The van der Waals surface area contributed by atoms with Crippen LogP contribution in [0.2, 0.25) is 0 Å². The van der Waals surface area contributed by atoms with Gasteiger partial charge in [0.25, 0.3) is 0 Å². The number of hydrogen-bond acceptors (Lipinski definition) is 4. The summed E-state index contributed by atoms with van der Waals surface area (Å²) in [6.07, 6.45) is 0. The van der Waals surface area contributed by atoms with Crippen LogP contribution in [0.3, 0.4) is 0 Å². The average molecular weight is 395 g/mol. The number of fused-ring (bicyclic) bond motifs is 1. The van der Waals surface area contributed by atoms with Crippen molar-refractivity contribution in [3.8, 4) is 5.75 Å². The normalized spacial score (nSPS) is 25.0. The van der Waals surface area contributed by atoms with Crippen LogP contribution in [0.5, 0.6) is 5.75 Å². The van der Waals surface area contributed by atoms with E-state index in [4.69, 9.17) is 4.74 Å². The molecule has 1 saturated carbocycles. The van der Waals surface area contributed by atoms with Crippen LogP contribution in [0.4, 0.5) is 0 Å². The summed E-state index contributed by atoms with van der Waals surface area (Å²) in [5, 5.41) is 0. The Morgan fingerprint density at radius 3 is 2.30 bits per heavy atom. The maximum absolute atomic E-state index is 13.2. The van der Waals surface area contributed by atoms with Gasteiger partial charge in [-0.2, -0.15) is 4.72 Å². The van der Waals surface area contributed by atoms with Gasteiger partial charge in [0.15, 0.2) is 0 Å². The SMILES string of the molecule is COc1ccccc1S(=O)(=O)N[C@H](C(=O)N1C[C@@H]2[C@H](C1)C2(C)C)C(C)(C)C. The van der Waals surface area contributed by atoms with Gasteiger partial charge in [-0.05, 0) is 34.8 Å². The van der Waals surface area contributed by atoms with Crippen LogP contribution >= 0.6 is 0 Å². The summed E-state index contributed by atoms with van der Waals surface area (Å²) in [7, 11) is -2.48. The van der Waals surface area contributed by atoms with E-state index in [1.54, 1.807) is 18.2 Å². The number of likely N-dealkylation sites (tertiary alicyclic amines) is 1. The highest BCUT2D eigenvalue weighted by Crippen LogP contribution is 2.62. The maximum atomic E-state index is 13.2. The van der Waals surface area contributed by atoms with Crippen molar-refractivity contribution in [3.05, 3.63) is 24.3 Å². The number of rotatable bonds is 5. The van der Waals surface area contributed by atoms with Crippen molar-refractivity contribution < 1.29 is 17.9 Å². The fourth-order valence-electron chi connectivity index (χ4n) is 4.15. The zero-order chi connectivity index (χ0) is 20.2. The molecule has 1 aliphatic heterocycles. The molecule has 2 fully saturated rings. The Bertz CT molecular complexity index is 828. The molecule has 1 N–H and O–H groups in total. The van der Waals surface area contributed by atoms with E-state index in [0.29, 0.717) is 30.3 Å². The highest BCUT2D eigenvalue weighted by atomic mass is 32.2. The van der Waals surface area contributed by atoms with Crippen molar-refractivity contribution in [3.63, 3.8) is 0 Å². The van der Waals surface area contributed by atoms with E-state index < -0.39 is 21.5 Å². The largest absolute Gasteiger partial charge is 0.495 e. The summed E-state index contributed by atoms with van der Waals surface area (Å²) in [6.45, 7) is 11.5. The number of methoxy groups -OCH3 is 1. The molecule has 1 aromatic carbocycles. The smallest absolute Gasteiger partial charge is 0.244 e. The predicted molar refractivity (Wildman–Crippen MR) is 104 cm³/mol. The monoisotopic (exact) mass is 394 g/mol. The van der Waals surface area contributed by atoms with Crippen molar-refractivity contribution >= 4 is 15.9 Å². The van der Waals surface area contributed by atoms with Gasteiger partial charge >= 0.3 is 0 Å². The van der Waals surface area contributed by atoms with Crippen LogP contribution in [0.25, 0.3) is 0 Å². The van der Waals surface area contributed by atoms with Crippen LogP contribution in [0, 0.1) is 22.7 Å². The standard InChI is InChI=1S/C20H30N2O4S/c1-19(2,3)17(18(23)22-11-13-14(12-22)20(13,4)5)21-27(24,25)16-10-8-7-9-15(16)26-6/h7-10,13-14,17,21H,11-12H2,1-6H3/t13-,14+,17-/m1/s1. The van der Waals surface area contributed by atoms with Crippen molar-refractivity contribution in [2.75, 3.05) is 20.2 Å². The predicted octanol–water partition coefficient (Wildman–Crippen LogP) is 2.50. The molecule has 1 amide bonds. The molecule has 0 spiro atoms. The number of ether oxygens (including phenoxy) is 1. The third-order valence-electron chi connectivity index (χ3n) is 6.18. The number of sulfonamides is 1. The van der Waals surface area contributed by atoms with Gasteiger partial charge in [-0.3, -0.25) is 4.79 Å². The van der Waals surface area contributed by atoms with Crippen molar-refractivity contribution in [2.24, 2.45) is 22.7 Å². The fourth-order valence-corrected chi connectivity index (χ4v) is 5.72. The molecule has 27 heavy (non-hydrogen) atoms. The van der Waals surface area contributed by atoms with E-state index >= 15 is 0 Å². The van der Waals surface area contributed by atoms with Gasteiger partial charge in [-0.15, -0.1) is 0 Å². The number of nitrogens with zero attached hydrogens (tertiary/aromatic N) is 1. The second-order valence-corrected chi connectivity index (χ2v) is 11.0. The zero-order valence-corrected chi connectivity index (χ0v) is 17.8. The van der Waals surface area contributed by atoms with Crippen LogP contribution < -0.4 is 9.46 Å². The first-order chi connectivity index (χ1) is 12.4. The van der Waals surface area contributed by atoms with E-state index in [0.717, 1.165) is 0 Å². The number of nitrogens with one attached hydrogen (secondary N) is 1. The molecule has 0 unspecified atom stereocenters. The summed E-state index contributed by atoms with van der Waals surface area (Å²) in [4.78, 5) is 15.1. The maximum Gasteiger partial charge on any atom is 0.244 e. The van der Waals surface area contributed by atoms with Gasteiger partial charge in [0.05, 0.1) is 7.11 Å². The Morgan fingerprint density at radius 2 is 1.78 bits per heavy atom. The molecule has 0 aromatic heterocycles. The lowest BCUT2D eigenvalue weighted by atomic mass is 9.86. The molecule has 7 heteroatoms. The number of para-hydroxylation sites is 1. The zero-order valence-electron chi connectivity index (χ0n) is 16.9. The lowest BCUT2D eigenvalue weighted by Gasteiger charge is -2.34. The van der Waals surface area contributed by atoms with Crippen molar-refractivity contribution in [1.29, 1.82) is 0 Å². The number of benzene rings is 1. The molecule has 2 aliphatic rings. The minimum atomic E-state index is -3.91. The fraction of sp³-hybridized carbons (Fsp3) is 0.650. The highest BCUT2D eigenvalue weighted by molar-refractivity contribution is 7.89. The topological polar surface area (TPSA) is 75.7 Å². The molecular formula is C20H30N2O4S. The van der Waals surface area contributed by atoms with E-state index in [1.807, 2.05) is 25.7 Å². The van der Waals surface area contributed by atoms with E-state index in [1.165, 1.54) is 13.2 Å². The number of carbonyl (C=O) groups excluding carboxylic acids is 1. The lowest BCUT2D eigenvalue weighted by Crippen LogP contribution is -2.54. The minimum absolute atomic E-state index is 0.0416. The molecule has 1 heterocycles. The van der Waals surface area contributed by atoms with Crippen molar-refractivity contribution in [1.82, 2.24) is 9.62 Å². The van der Waals surface area contributed by atoms with Crippen LogP contribution in [0.1, 0.15) is 34.6 Å². The quantitative estimate of drug-likeness (QED) is 0.833.